The standard InChI is InChI=1S/C39H37NO8/c1-45-36(42)24-46-22-34-25-7-2-8-26(34)18-28-10-4-12-30(38(28)44)20-32-14-5-13-31(19-29-11-3-9-27(17-25)37(29)43)39(32)48-23-35(41)40-21-33-15-6-16-47-33/h2-16,43-44H,17-24H2,1H3,(H,40,41). The maximum absolute atomic E-state index is 12.8. The molecule has 4 aromatic carbocycles. The smallest absolute Gasteiger partial charge is 0.331 e. The Hall–Kier alpha value is -5.54. The molecule has 0 spiro atoms. The summed E-state index contributed by atoms with van der Waals surface area (Å²) in [5.74, 6) is 0.730. The molecule has 246 valence electrons. The molecule has 6 rings (SSSR count). The molecule has 5 aromatic rings. The van der Waals surface area contributed by atoms with Gasteiger partial charge in [0.15, 0.2) is 6.61 Å². The van der Waals surface area contributed by atoms with E-state index in [9.17, 15) is 19.8 Å². The molecule has 9 heteroatoms. The lowest BCUT2D eigenvalue weighted by molar-refractivity contribution is -0.146. The summed E-state index contributed by atoms with van der Waals surface area (Å²) >= 11 is 0. The molecular weight excluding hydrogens is 610 g/mol. The fourth-order valence-electron chi connectivity index (χ4n) is 6.07. The molecule has 0 atom stereocenters. The number of rotatable bonds is 9. The number of methoxy groups -OCH3 is 1. The third-order valence-corrected chi connectivity index (χ3v) is 8.56. The molecular formula is C39H37NO8. The highest BCUT2D eigenvalue weighted by Crippen LogP contribution is 2.36. The van der Waals surface area contributed by atoms with Crippen molar-refractivity contribution in [3.63, 3.8) is 0 Å². The first-order valence-corrected chi connectivity index (χ1v) is 15.8. The maximum Gasteiger partial charge on any atom is 0.331 e. The van der Waals surface area contributed by atoms with E-state index in [4.69, 9.17) is 18.6 Å². The minimum absolute atomic E-state index is 0.155. The molecule has 8 bridgehead atoms. The van der Waals surface area contributed by atoms with Gasteiger partial charge in [-0.3, -0.25) is 4.79 Å². The molecule has 0 unspecified atom stereocenters. The summed E-state index contributed by atoms with van der Waals surface area (Å²) in [5.41, 5.74) is 7.19. The van der Waals surface area contributed by atoms with Gasteiger partial charge in [0.2, 0.25) is 0 Å². The van der Waals surface area contributed by atoms with E-state index in [1.807, 2.05) is 72.8 Å². The molecule has 0 aliphatic heterocycles. The lowest BCUT2D eigenvalue weighted by atomic mass is 9.89. The fourth-order valence-corrected chi connectivity index (χ4v) is 6.07. The van der Waals surface area contributed by atoms with Crippen molar-refractivity contribution >= 4 is 11.9 Å². The topological polar surface area (TPSA) is 127 Å². The van der Waals surface area contributed by atoms with Crippen LogP contribution in [-0.4, -0.2) is 42.4 Å². The van der Waals surface area contributed by atoms with Crippen molar-refractivity contribution in [1.29, 1.82) is 0 Å². The molecule has 9 nitrogen and oxygen atoms in total. The van der Waals surface area contributed by atoms with E-state index in [0.29, 0.717) is 48.3 Å². The number of hydrogen-bond donors (Lipinski definition) is 3. The molecule has 1 aliphatic rings. The van der Waals surface area contributed by atoms with Gasteiger partial charge in [-0.25, -0.2) is 4.79 Å². The van der Waals surface area contributed by atoms with Crippen molar-refractivity contribution in [2.45, 2.75) is 38.8 Å². The monoisotopic (exact) mass is 647 g/mol. The van der Waals surface area contributed by atoms with E-state index in [1.165, 1.54) is 7.11 Å². The first-order valence-electron chi connectivity index (χ1n) is 15.8. The number of phenolic OH excluding ortho intramolecular Hbond substituents is 2. The fraction of sp³-hybridized carbons (Fsp3) is 0.231. The zero-order valence-corrected chi connectivity index (χ0v) is 26.7. The molecule has 1 aromatic heterocycles. The van der Waals surface area contributed by atoms with E-state index in [0.717, 1.165) is 38.9 Å². The lowest BCUT2D eigenvalue weighted by Gasteiger charge is -2.20. The summed E-state index contributed by atoms with van der Waals surface area (Å²) in [6.45, 7) is -0.0220. The van der Waals surface area contributed by atoms with Gasteiger partial charge in [0.1, 0.15) is 29.6 Å². The van der Waals surface area contributed by atoms with Gasteiger partial charge in [-0.15, -0.1) is 0 Å². The van der Waals surface area contributed by atoms with Crippen LogP contribution in [0.4, 0.5) is 0 Å². The van der Waals surface area contributed by atoms with Gasteiger partial charge in [0.25, 0.3) is 5.91 Å². The maximum atomic E-state index is 12.8. The third-order valence-electron chi connectivity index (χ3n) is 8.56. The van der Waals surface area contributed by atoms with Crippen molar-refractivity contribution < 1.29 is 38.4 Å². The normalized spacial score (nSPS) is 12.3. The number of hydrogen-bond acceptors (Lipinski definition) is 8. The number of esters is 1. The van der Waals surface area contributed by atoms with Gasteiger partial charge in [-0.05, 0) is 62.2 Å². The van der Waals surface area contributed by atoms with Crippen LogP contribution in [-0.2, 0) is 57.9 Å². The molecule has 1 aliphatic carbocycles. The van der Waals surface area contributed by atoms with Crippen LogP contribution in [0, 0.1) is 0 Å². The Morgan fingerprint density at radius 1 is 0.688 bits per heavy atom. The Balaban J connectivity index is 1.38. The third kappa shape index (κ3) is 7.53. The number of aromatic hydroxyl groups is 2. The number of nitrogens with one attached hydrogen (secondary N) is 1. The number of amides is 1. The molecule has 1 amide bonds. The number of benzene rings is 4. The van der Waals surface area contributed by atoms with E-state index >= 15 is 0 Å². The highest BCUT2D eigenvalue weighted by molar-refractivity contribution is 5.77. The quantitative estimate of drug-likeness (QED) is 0.169. The van der Waals surface area contributed by atoms with Crippen LogP contribution in [0.15, 0.2) is 95.6 Å². The van der Waals surface area contributed by atoms with Crippen LogP contribution in [0.5, 0.6) is 17.2 Å². The predicted octanol–water partition coefficient (Wildman–Crippen LogP) is 5.75. The molecule has 48 heavy (non-hydrogen) atoms. The zero-order valence-electron chi connectivity index (χ0n) is 26.7. The summed E-state index contributed by atoms with van der Waals surface area (Å²) in [6, 6.07) is 26.6. The largest absolute Gasteiger partial charge is 0.507 e. The van der Waals surface area contributed by atoms with E-state index < -0.39 is 5.97 Å². The van der Waals surface area contributed by atoms with Crippen LogP contribution in [0.2, 0.25) is 0 Å². The summed E-state index contributed by atoms with van der Waals surface area (Å²) < 4.78 is 22.1. The highest BCUT2D eigenvalue weighted by Gasteiger charge is 2.20. The number of carbonyl (C=O) groups is 2. The number of ether oxygens (including phenoxy) is 3. The van der Waals surface area contributed by atoms with Gasteiger partial charge in [0, 0.05) is 25.7 Å². The Morgan fingerprint density at radius 2 is 1.19 bits per heavy atom. The summed E-state index contributed by atoms with van der Waals surface area (Å²) in [4.78, 5) is 24.6. The number of phenols is 2. The molecule has 0 saturated heterocycles. The molecule has 0 fully saturated rings. The average molecular weight is 648 g/mol. The second-order valence-corrected chi connectivity index (χ2v) is 11.7. The summed E-state index contributed by atoms with van der Waals surface area (Å²) in [5, 5.41) is 25.9. The van der Waals surface area contributed by atoms with Gasteiger partial charge in [0.05, 0.1) is 26.5 Å². The Labute approximate surface area is 278 Å². The second-order valence-electron chi connectivity index (χ2n) is 11.7. The van der Waals surface area contributed by atoms with Crippen molar-refractivity contribution in [2.24, 2.45) is 0 Å². The van der Waals surface area contributed by atoms with Crippen molar-refractivity contribution in [1.82, 2.24) is 5.32 Å². The van der Waals surface area contributed by atoms with E-state index in [1.54, 1.807) is 18.4 Å². The van der Waals surface area contributed by atoms with Gasteiger partial charge >= 0.3 is 5.97 Å². The van der Waals surface area contributed by atoms with Crippen LogP contribution < -0.4 is 10.1 Å². The average Bonchev–Trinajstić information content (AvgIpc) is 3.61. The molecule has 0 radical (unpaired) electrons. The van der Waals surface area contributed by atoms with Crippen LogP contribution in [0.1, 0.15) is 55.8 Å². The minimum Gasteiger partial charge on any atom is -0.507 e. The van der Waals surface area contributed by atoms with Crippen LogP contribution in [0.25, 0.3) is 0 Å². The van der Waals surface area contributed by atoms with Crippen molar-refractivity contribution in [2.75, 3.05) is 20.3 Å². The summed E-state index contributed by atoms with van der Waals surface area (Å²) in [7, 11) is 1.32. The van der Waals surface area contributed by atoms with Crippen molar-refractivity contribution in [3.05, 3.63) is 147 Å². The van der Waals surface area contributed by atoms with Crippen LogP contribution >= 0.6 is 0 Å². The van der Waals surface area contributed by atoms with Gasteiger partial charge < -0.3 is 34.2 Å². The van der Waals surface area contributed by atoms with Gasteiger partial charge in [-0.2, -0.15) is 0 Å². The SMILES string of the molecule is COC(=O)COCc1c2cccc1Cc1cccc(c1O)Cc1cccc(c1OCC(=O)NCc1ccco1)Cc1cccc(c1O)C2. The number of para-hydroxylation sites is 3. The first kappa shape index (κ1) is 32.4. The zero-order chi connectivity index (χ0) is 33.5. The van der Waals surface area contributed by atoms with Crippen molar-refractivity contribution in [3.8, 4) is 17.2 Å². The molecule has 0 saturated carbocycles. The summed E-state index contributed by atoms with van der Waals surface area (Å²) in [6.07, 6.45) is 3.07. The van der Waals surface area contributed by atoms with Gasteiger partial charge in [-0.1, -0.05) is 72.8 Å². The number of carbonyl (C=O) groups excluding carboxylic acids is 2. The lowest BCUT2D eigenvalue weighted by Crippen LogP contribution is -2.28. The Morgan fingerprint density at radius 3 is 1.69 bits per heavy atom. The first-order chi connectivity index (χ1) is 23.4. The number of fused-ring (bicyclic) bond motifs is 8. The van der Waals surface area contributed by atoms with E-state index in [2.05, 4.69) is 5.32 Å². The Bertz CT molecular complexity index is 1820. The Kier molecular flexibility index (Phi) is 10.1. The highest BCUT2D eigenvalue weighted by atomic mass is 16.6. The number of furan rings is 1. The van der Waals surface area contributed by atoms with E-state index in [-0.39, 0.29) is 43.8 Å². The molecule has 3 N–H and O–H groups in total. The molecule has 1 heterocycles. The van der Waals surface area contributed by atoms with Crippen LogP contribution in [0.3, 0.4) is 0 Å². The second kappa shape index (κ2) is 14.9. The minimum atomic E-state index is -0.472. The predicted molar refractivity (Wildman–Crippen MR) is 178 cm³/mol.